The summed E-state index contributed by atoms with van der Waals surface area (Å²) in [4.78, 5) is 9.69. The molecule has 1 aromatic heterocycles. The van der Waals surface area contributed by atoms with Crippen LogP contribution in [-0.2, 0) is 0 Å². The number of thiocarbonyl (C=S) groups is 1. The topological polar surface area (TPSA) is 45.4 Å². The normalized spacial score (nSPS) is 16.9. The zero-order chi connectivity index (χ0) is 13.3. The Morgan fingerprint density at radius 2 is 1.89 bits per heavy atom. The zero-order valence-electron chi connectivity index (χ0n) is 11.2. The zero-order valence-corrected chi connectivity index (χ0v) is 12.0. The van der Waals surface area contributed by atoms with E-state index in [1.54, 1.807) is 0 Å². The molecule has 2 heterocycles. The monoisotopic (exact) mass is 264 g/mol. The van der Waals surface area contributed by atoms with Gasteiger partial charge in [0.05, 0.1) is 5.56 Å². The van der Waals surface area contributed by atoms with Crippen LogP contribution >= 0.6 is 12.2 Å². The van der Waals surface area contributed by atoms with Gasteiger partial charge in [-0.05, 0) is 32.5 Å². The van der Waals surface area contributed by atoms with Gasteiger partial charge < -0.3 is 15.5 Å². The van der Waals surface area contributed by atoms with E-state index in [0.29, 0.717) is 4.99 Å². The predicted octanol–water partition coefficient (Wildman–Crippen LogP) is 1.08. The van der Waals surface area contributed by atoms with Crippen LogP contribution in [0.5, 0.6) is 0 Å². The van der Waals surface area contributed by atoms with E-state index in [2.05, 4.69) is 21.8 Å². The van der Waals surface area contributed by atoms with Crippen LogP contribution in [0.25, 0.3) is 0 Å². The van der Waals surface area contributed by atoms with E-state index in [1.807, 2.05) is 19.9 Å². The minimum Gasteiger partial charge on any atom is -0.389 e. The molecule has 1 saturated heterocycles. The molecule has 1 aromatic rings. The first-order chi connectivity index (χ1) is 8.49. The first kappa shape index (κ1) is 13.2. The van der Waals surface area contributed by atoms with Crippen molar-refractivity contribution in [3.8, 4) is 0 Å². The highest BCUT2D eigenvalue weighted by Gasteiger charge is 2.20. The van der Waals surface area contributed by atoms with Gasteiger partial charge in [0.2, 0.25) is 0 Å². The van der Waals surface area contributed by atoms with Gasteiger partial charge in [0, 0.05) is 31.9 Å². The van der Waals surface area contributed by atoms with E-state index in [9.17, 15) is 0 Å². The van der Waals surface area contributed by atoms with Gasteiger partial charge in [-0.25, -0.2) is 4.98 Å². The number of likely N-dealkylation sites (N-methyl/N-ethyl adjacent to an activating group) is 1. The van der Waals surface area contributed by atoms with Crippen molar-refractivity contribution < 1.29 is 0 Å². The van der Waals surface area contributed by atoms with Gasteiger partial charge in [-0.3, -0.25) is 0 Å². The molecule has 1 fully saturated rings. The maximum absolute atomic E-state index is 5.85. The van der Waals surface area contributed by atoms with Crippen molar-refractivity contribution in [2.45, 2.75) is 13.8 Å². The molecule has 98 valence electrons. The third-order valence-corrected chi connectivity index (χ3v) is 3.58. The molecule has 18 heavy (non-hydrogen) atoms. The molecule has 1 aliphatic rings. The highest BCUT2D eigenvalue weighted by atomic mass is 32.1. The molecule has 2 N–H and O–H groups in total. The van der Waals surface area contributed by atoms with Gasteiger partial charge in [-0.15, -0.1) is 0 Å². The molecule has 5 heteroatoms. The molecule has 0 bridgehead atoms. The molecule has 2 rings (SSSR count). The summed E-state index contributed by atoms with van der Waals surface area (Å²) in [5.41, 5.74) is 8.91. The molecule has 0 aromatic carbocycles. The molecule has 0 amide bonds. The lowest BCUT2D eigenvalue weighted by atomic mass is 10.1. The van der Waals surface area contributed by atoms with Crippen LogP contribution in [0.3, 0.4) is 0 Å². The Morgan fingerprint density at radius 1 is 1.28 bits per heavy atom. The number of anilines is 1. The third-order valence-electron chi connectivity index (χ3n) is 3.37. The Bertz CT molecular complexity index is 464. The smallest absolute Gasteiger partial charge is 0.139 e. The minimum absolute atomic E-state index is 0.439. The fraction of sp³-hybridized carbons (Fsp3) is 0.538. The number of aryl methyl sites for hydroxylation is 2. The molecule has 0 saturated carbocycles. The van der Waals surface area contributed by atoms with E-state index >= 15 is 0 Å². The minimum atomic E-state index is 0.439. The van der Waals surface area contributed by atoms with Crippen LogP contribution in [0.2, 0.25) is 0 Å². The highest BCUT2D eigenvalue weighted by Crippen LogP contribution is 2.23. The lowest BCUT2D eigenvalue weighted by Crippen LogP contribution is -2.45. The van der Waals surface area contributed by atoms with Crippen LogP contribution in [0.15, 0.2) is 6.07 Å². The van der Waals surface area contributed by atoms with Crippen LogP contribution in [0.1, 0.15) is 16.8 Å². The molecule has 0 spiro atoms. The Hall–Kier alpha value is -1.20. The number of hydrogen-bond acceptors (Lipinski definition) is 4. The van der Waals surface area contributed by atoms with Gasteiger partial charge >= 0.3 is 0 Å². The molecular weight excluding hydrogens is 244 g/mol. The van der Waals surface area contributed by atoms with Gasteiger partial charge in [-0.1, -0.05) is 12.2 Å². The number of hydrogen-bond donors (Lipinski definition) is 1. The van der Waals surface area contributed by atoms with Gasteiger partial charge in [0.15, 0.2) is 0 Å². The number of piperazine rings is 1. The second-order valence-electron chi connectivity index (χ2n) is 4.93. The second kappa shape index (κ2) is 5.20. The standard InChI is InChI=1S/C13H20N4S/c1-9-8-10(2)15-13(11(9)12(14)18)17-6-4-16(3)5-7-17/h8H,4-7H2,1-3H3,(H2,14,18). The number of nitrogens with two attached hydrogens (primary N) is 1. The van der Waals surface area contributed by atoms with Crippen molar-refractivity contribution in [1.82, 2.24) is 9.88 Å². The van der Waals surface area contributed by atoms with Gasteiger partial charge in [0.1, 0.15) is 10.8 Å². The highest BCUT2D eigenvalue weighted by molar-refractivity contribution is 7.80. The Morgan fingerprint density at radius 3 is 2.44 bits per heavy atom. The maximum Gasteiger partial charge on any atom is 0.139 e. The van der Waals surface area contributed by atoms with Crippen molar-refractivity contribution in [3.05, 3.63) is 22.9 Å². The van der Waals surface area contributed by atoms with Crippen molar-refractivity contribution in [2.24, 2.45) is 5.73 Å². The van der Waals surface area contributed by atoms with Crippen LogP contribution in [0, 0.1) is 13.8 Å². The van der Waals surface area contributed by atoms with Crippen molar-refractivity contribution in [1.29, 1.82) is 0 Å². The number of nitrogens with zero attached hydrogens (tertiary/aromatic N) is 3. The maximum atomic E-state index is 5.85. The average molecular weight is 264 g/mol. The Balaban J connectivity index is 2.39. The average Bonchev–Trinajstić information content (AvgIpc) is 2.28. The molecular formula is C13H20N4S. The summed E-state index contributed by atoms with van der Waals surface area (Å²) in [5.74, 6) is 0.952. The first-order valence-corrected chi connectivity index (χ1v) is 6.61. The van der Waals surface area contributed by atoms with E-state index < -0.39 is 0 Å². The SMILES string of the molecule is Cc1cc(C)c(C(N)=S)c(N2CCN(C)CC2)n1. The second-order valence-corrected chi connectivity index (χ2v) is 5.37. The molecule has 0 radical (unpaired) electrons. The van der Waals surface area contributed by atoms with E-state index in [0.717, 1.165) is 48.8 Å². The van der Waals surface area contributed by atoms with Crippen molar-refractivity contribution >= 4 is 23.0 Å². The number of pyridine rings is 1. The molecule has 0 unspecified atom stereocenters. The molecule has 0 aliphatic carbocycles. The molecule has 4 nitrogen and oxygen atoms in total. The summed E-state index contributed by atoms with van der Waals surface area (Å²) in [5, 5.41) is 0. The van der Waals surface area contributed by atoms with Gasteiger partial charge in [-0.2, -0.15) is 0 Å². The summed E-state index contributed by atoms with van der Waals surface area (Å²) < 4.78 is 0. The molecule has 0 atom stereocenters. The van der Waals surface area contributed by atoms with E-state index in [4.69, 9.17) is 18.0 Å². The summed E-state index contributed by atoms with van der Waals surface area (Å²) >= 11 is 5.17. The fourth-order valence-electron chi connectivity index (χ4n) is 2.37. The van der Waals surface area contributed by atoms with Crippen LogP contribution < -0.4 is 10.6 Å². The number of aromatic nitrogens is 1. The fourth-order valence-corrected chi connectivity index (χ4v) is 2.62. The Kier molecular flexibility index (Phi) is 3.82. The summed E-state index contributed by atoms with van der Waals surface area (Å²) in [6.07, 6.45) is 0. The predicted molar refractivity (Wildman–Crippen MR) is 79.3 cm³/mol. The lowest BCUT2D eigenvalue weighted by molar-refractivity contribution is 0.312. The quantitative estimate of drug-likeness (QED) is 0.810. The van der Waals surface area contributed by atoms with Crippen molar-refractivity contribution in [3.63, 3.8) is 0 Å². The summed E-state index contributed by atoms with van der Waals surface area (Å²) in [7, 11) is 2.14. The summed E-state index contributed by atoms with van der Waals surface area (Å²) in [6, 6.07) is 2.04. The van der Waals surface area contributed by atoms with E-state index in [-0.39, 0.29) is 0 Å². The summed E-state index contributed by atoms with van der Waals surface area (Å²) in [6.45, 7) is 8.10. The van der Waals surface area contributed by atoms with Crippen molar-refractivity contribution in [2.75, 3.05) is 38.1 Å². The lowest BCUT2D eigenvalue weighted by Gasteiger charge is -2.34. The largest absolute Gasteiger partial charge is 0.389 e. The van der Waals surface area contributed by atoms with Gasteiger partial charge in [0.25, 0.3) is 0 Å². The number of rotatable bonds is 2. The Labute approximate surface area is 114 Å². The van der Waals surface area contributed by atoms with E-state index in [1.165, 1.54) is 0 Å². The molecule has 1 aliphatic heterocycles. The first-order valence-electron chi connectivity index (χ1n) is 6.20. The van der Waals surface area contributed by atoms with Crippen LogP contribution in [-0.4, -0.2) is 48.1 Å². The third kappa shape index (κ3) is 2.62. The van der Waals surface area contributed by atoms with Crippen LogP contribution in [0.4, 0.5) is 5.82 Å².